The summed E-state index contributed by atoms with van der Waals surface area (Å²) in [6, 6.07) is 4.57. The zero-order chi connectivity index (χ0) is 13.0. The standard InChI is InChI=1S/C14H23N3O/c1-3-15-11(2)13-4-5-14(16-8-13)17-7-6-12(9-17)10-18/h4-5,8,11-12,15,18H,3,6-7,9-10H2,1-2H3. The van der Waals surface area contributed by atoms with Crippen molar-refractivity contribution < 1.29 is 5.11 Å². The van der Waals surface area contributed by atoms with Crippen LogP contribution in [0.1, 0.15) is 31.9 Å². The Balaban J connectivity index is 1.99. The van der Waals surface area contributed by atoms with Gasteiger partial charge in [-0.25, -0.2) is 4.98 Å². The highest BCUT2D eigenvalue weighted by Crippen LogP contribution is 2.22. The third-order valence-corrected chi connectivity index (χ3v) is 3.65. The molecule has 1 saturated heterocycles. The molecule has 1 aliphatic heterocycles. The van der Waals surface area contributed by atoms with Crippen molar-refractivity contribution in [3.63, 3.8) is 0 Å². The fraction of sp³-hybridized carbons (Fsp3) is 0.643. The molecule has 2 N–H and O–H groups in total. The first-order valence-corrected chi connectivity index (χ1v) is 6.79. The second kappa shape index (κ2) is 6.16. The minimum Gasteiger partial charge on any atom is -0.396 e. The van der Waals surface area contributed by atoms with Crippen molar-refractivity contribution >= 4 is 5.82 Å². The molecule has 1 aromatic heterocycles. The van der Waals surface area contributed by atoms with E-state index in [0.29, 0.717) is 12.0 Å². The largest absolute Gasteiger partial charge is 0.396 e. The van der Waals surface area contributed by atoms with E-state index < -0.39 is 0 Å². The zero-order valence-corrected chi connectivity index (χ0v) is 11.3. The predicted octanol–water partition coefficient (Wildman–Crippen LogP) is 1.57. The van der Waals surface area contributed by atoms with Crippen molar-refractivity contribution in [2.45, 2.75) is 26.3 Å². The van der Waals surface area contributed by atoms with E-state index in [9.17, 15) is 0 Å². The highest BCUT2D eigenvalue weighted by Gasteiger charge is 2.22. The number of hydrogen-bond acceptors (Lipinski definition) is 4. The Kier molecular flexibility index (Phi) is 4.55. The summed E-state index contributed by atoms with van der Waals surface area (Å²) in [6.07, 6.45) is 3.02. The molecule has 4 heteroatoms. The third kappa shape index (κ3) is 3.00. The molecule has 0 bridgehead atoms. The molecule has 1 aromatic rings. The summed E-state index contributed by atoms with van der Waals surface area (Å²) in [5.74, 6) is 1.44. The van der Waals surface area contributed by atoms with Crippen LogP contribution in [-0.2, 0) is 0 Å². The minimum absolute atomic E-state index is 0.284. The summed E-state index contributed by atoms with van der Waals surface area (Å²) in [7, 11) is 0. The lowest BCUT2D eigenvalue weighted by Crippen LogP contribution is -2.22. The van der Waals surface area contributed by atoms with E-state index in [1.807, 2.05) is 6.20 Å². The van der Waals surface area contributed by atoms with Crippen LogP contribution in [0.5, 0.6) is 0 Å². The summed E-state index contributed by atoms with van der Waals surface area (Å²) < 4.78 is 0. The Labute approximate surface area is 109 Å². The monoisotopic (exact) mass is 249 g/mol. The van der Waals surface area contributed by atoms with Crippen molar-refractivity contribution in [3.8, 4) is 0 Å². The van der Waals surface area contributed by atoms with Crippen LogP contribution in [0.3, 0.4) is 0 Å². The van der Waals surface area contributed by atoms with Crippen molar-refractivity contribution in [1.29, 1.82) is 0 Å². The Morgan fingerprint density at radius 3 is 2.94 bits per heavy atom. The number of pyridine rings is 1. The highest BCUT2D eigenvalue weighted by atomic mass is 16.3. The minimum atomic E-state index is 0.284. The SMILES string of the molecule is CCNC(C)c1ccc(N2CCC(CO)C2)nc1. The Morgan fingerprint density at radius 2 is 2.39 bits per heavy atom. The molecule has 0 saturated carbocycles. The first-order valence-electron chi connectivity index (χ1n) is 6.79. The van der Waals surface area contributed by atoms with E-state index in [-0.39, 0.29) is 6.61 Å². The molecular formula is C14H23N3O. The highest BCUT2D eigenvalue weighted by molar-refractivity contribution is 5.41. The number of nitrogens with one attached hydrogen (secondary N) is 1. The lowest BCUT2D eigenvalue weighted by atomic mass is 10.1. The molecule has 0 aliphatic carbocycles. The molecule has 4 nitrogen and oxygen atoms in total. The third-order valence-electron chi connectivity index (χ3n) is 3.65. The molecule has 1 fully saturated rings. The van der Waals surface area contributed by atoms with E-state index in [1.165, 1.54) is 5.56 Å². The van der Waals surface area contributed by atoms with Gasteiger partial charge in [-0.05, 0) is 31.5 Å². The lowest BCUT2D eigenvalue weighted by molar-refractivity contribution is 0.238. The van der Waals surface area contributed by atoms with Gasteiger partial charge < -0.3 is 15.3 Å². The van der Waals surface area contributed by atoms with Crippen LogP contribution in [0.15, 0.2) is 18.3 Å². The number of aliphatic hydroxyl groups excluding tert-OH is 1. The van der Waals surface area contributed by atoms with Gasteiger partial charge in [-0.15, -0.1) is 0 Å². The Hall–Kier alpha value is -1.13. The van der Waals surface area contributed by atoms with Crippen LogP contribution < -0.4 is 10.2 Å². The molecule has 2 heterocycles. The second-order valence-electron chi connectivity index (χ2n) is 5.01. The summed E-state index contributed by atoms with van der Waals surface area (Å²) in [5, 5.41) is 12.5. The predicted molar refractivity (Wildman–Crippen MR) is 73.7 cm³/mol. The number of rotatable bonds is 5. The number of nitrogens with zero attached hydrogens (tertiary/aromatic N) is 2. The fourth-order valence-electron chi connectivity index (χ4n) is 2.45. The maximum Gasteiger partial charge on any atom is 0.128 e. The molecule has 100 valence electrons. The summed E-state index contributed by atoms with van der Waals surface area (Å²) >= 11 is 0. The van der Waals surface area contributed by atoms with Gasteiger partial charge in [0.05, 0.1) is 0 Å². The summed E-state index contributed by atoms with van der Waals surface area (Å²) in [5.41, 5.74) is 1.22. The maximum atomic E-state index is 9.15. The first-order chi connectivity index (χ1) is 8.74. The van der Waals surface area contributed by atoms with Crippen LogP contribution in [0.25, 0.3) is 0 Å². The summed E-state index contributed by atoms with van der Waals surface area (Å²) in [6.45, 7) is 7.43. The van der Waals surface area contributed by atoms with Crippen LogP contribution in [0.2, 0.25) is 0 Å². The summed E-state index contributed by atoms with van der Waals surface area (Å²) in [4.78, 5) is 6.79. The van der Waals surface area contributed by atoms with Gasteiger partial charge in [0.25, 0.3) is 0 Å². The average Bonchev–Trinajstić information content (AvgIpc) is 2.88. The topological polar surface area (TPSA) is 48.4 Å². The van der Waals surface area contributed by atoms with Gasteiger partial charge in [0, 0.05) is 37.9 Å². The molecule has 2 unspecified atom stereocenters. The first kappa shape index (κ1) is 13.3. The van der Waals surface area contributed by atoms with E-state index in [0.717, 1.165) is 31.9 Å². The smallest absolute Gasteiger partial charge is 0.128 e. The Bertz CT molecular complexity index is 366. The number of hydrogen-bond donors (Lipinski definition) is 2. The van der Waals surface area contributed by atoms with Crippen LogP contribution in [0.4, 0.5) is 5.82 Å². The van der Waals surface area contributed by atoms with Crippen molar-refractivity contribution in [2.75, 3.05) is 31.1 Å². The molecule has 18 heavy (non-hydrogen) atoms. The molecular weight excluding hydrogens is 226 g/mol. The van der Waals surface area contributed by atoms with Gasteiger partial charge >= 0.3 is 0 Å². The fourth-order valence-corrected chi connectivity index (χ4v) is 2.45. The van der Waals surface area contributed by atoms with E-state index in [2.05, 4.69) is 41.2 Å². The molecule has 0 spiro atoms. The van der Waals surface area contributed by atoms with Crippen molar-refractivity contribution in [3.05, 3.63) is 23.9 Å². The maximum absolute atomic E-state index is 9.15. The Morgan fingerprint density at radius 1 is 1.56 bits per heavy atom. The zero-order valence-electron chi connectivity index (χ0n) is 11.3. The van der Waals surface area contributed by atoms with Gasteiger partial charge in [-0.1, -0.05) is 13.0 Å². The van der Waals surface area contributed by atoms with Gasteiger partial charge in [0.15, 0.2) is 0 Å². The number of aliphatic hydroxyl groups is 1. The van der Waals surface area contributed by atoms with Crippen LogP contribution in [-0.4, -0.2) is 36.3 Å². The molecule has 2 atom stereocenters. The second-order valence-corrected chi connectivity index (χ2v) is 5.01. The van der Waals surface area contributed by atoms with E-state index in [1.54, 1.807) is 0 Å². The van der Waals surface area contributed by atoms with Crippen molar-refractivity contribution in [1.82, 2.24) is 10.3 Å². The molecule has 0 radical (unpaired) electrons. The number of anilines is 1. The van der Waals surface area contributed by atoms with Gasteiger partial charge in [-0.3, -0.25) is 0 Å². The lowest BCUT2D eigenvalue weighted by Gasteiger charge is -2.18. The van der Waals surface area contributed by atoms with Crippen molar-refractivity contribution in [2.24, 2.45) is 5.92 Å². The van der Waals surface area contributed by atoms with E-state index in [4.69, 9.17) is 5.11 Å². The molecule has 1 aliphatic rings. The molecule has 2 rings (SSSR count). The van der Waals surface area contributed by atoms with Gasteiger partial charge in [0.1, 0.15) is 5.82 Å². The van der Waals surface area contributed by atoms with Gasteiger partial charge in [0.2, 0.25) is 0 Å². The number of aromatic nitrogens is 1. The normalized spacial score (nSPS) is 21.3. The molecule has 0 amide bonds. The van der Waals surface area contributed by atoms with E-state index >= 15 is 0 Å². The average molecular weight is 249 g/mol. The molecule has 0 aromatic carbocycles. The van der Waals surface area contributed by atoms with Crippen LogP contribution >= 0.6 is 0 Å². The quantitative estimate of drug-likeness (QED) is 0.831. The van der Waals surface area contributed by atoms with Gasteiger partial charge in [-0.2, -0.15) is 0 Å². The van der Waals surface area contributed by atoms with Crippen LogP contribution in [0, 0.1) is 5.92 Å².